The molecule has 2 saturated heterocycles. The van der Waals surface area contributed by atoms with Gasteiger partial charge in [-0.1, -0.05) is 12.1 Å². The lowest BCUT2D eigenvalue weighted by Crippen LogP contribution is -2.53. The molecule has 0 aliphatic carbocycles. The van der Waals surface area contributed by atoms with Crippen LogP contribution in [0.15, 0.2) is 24.3 Å². The second-order valence-corrected chi connectivity index (χ2v) is 5.45. The first-order valence-electron chi connectivity index (χ1n) is 7.02. The van der Waals surface area contributed by atoms with Crippen LogP contribution in [0.5, 0.6) is 0 Å². The number of likely N-dealkylation sites (tertiary alicyclic amines) is 1. The van der Waals surface area contributed by atoms with Crippen LogP contribution in [-0.4, -0.2) is 30.4 Å². The highest BCUT2D eigenvalue weighted by Gasteiger charge is 2.34. The SMILES string of the molecule is O=C(C1CNC1)N1CCCCC1c1ccc(F)cc1. The third-order valence-corrected chi connectivity index (χ3v) is 4.17. The molecule has 1 aromatic carbocycles. The van der Waals surface area contributed by atoms with Gasteiger partial charge < -0.3 is 10.2 Å². The van der Waals surface area contributed by atoms with Crippen LogP contribution in [-0.2, 0) is 4.79 Å². The standard InChI is InChI=1S/C15H19FN2O/c16-13-6-4-11(5-7-13)14-3-1-2-8-18(14)15(19)12-9-17-10-12/h4-7,12,14,17H,1-3,8-10H2. The minimum Gasteiger partial charge on any atom is -0.335 e. The molecule has 0 spiro atoms. The first kappa shape index (κ1) is 12.6. The van der Waals surface area contributed by atoms with Gasteiger partial charge in [-0.2, -0.15) is 0 Å². The molecular formula is C15H19FN2O. The van der Waals surface area contributed by atoms with Gasteiger partial charge >= 0.3 is 0 Å². The van der Waals surface area contributed by atoms with Gasteiger partial charge in [-0.15, -0.1) is 0 Å². The predicted molar refractivity (Wildman–Crippen MR) is 71.1 cm³/mol. The number of benzene rings is 1. The van der Waals surface area contributed by atoms with E-state index in [9.17, 15) is 9.18 Å². The zero-order valence-corrected chi connectivity index (χ0v) is 10.9. The summed E-state index contributed by atoms with van der Waals surface area (Å²) in [5.41, 5.74) is 1.06. The van der Waals surface area contributed by atoms with Gasteiger partial charge in [0, 0.05) is 19.6 Å². The number of nitrogens with zero attached hydrogens (tertiary/aromatic N) is 1. The molecule has 1 unspecified atom stereocenters. The van der Waals surface area contributed by atoms with Gasteiger partial charge in [0.05, 0.1) is 12.0 Å². The molecule has 102 valence electrons. The lowest BCUT2D eigenvalue weighted by atomic mass is 9.92. The van der Waals surface area contributed by atoms with E-state index in [1.165, 1.54) is 12.1 Å². The molecule has 1 aromatic rings. The van der Waals surface area contributed by atoms with E-state index in [1.807, 2.05) is 17.0 Å². The van der Waals surface area contributed by atoms with Gasteiger partial charge in [0.2, 0.25) is 5.91 Å². The van der Waals surface area contributed by atoms with Crippen LogP contribution in [0.3, 0.4) is 0 Å². The third kappa shape index (κ3) is 2.50. The number of nitrogens with one attached hydrogen (secondary N) is 1. The molecular weight excluding hydrogens is 243 g/mol. The van der Waals surface area contributed by atoms with Crippen molar-refractivity contribution in [2.45, 2.75) is 25.3 Å². The van der Waals surface area contributed by atoms with E-state index in [4.69, 9.17) is 0 Å². The Labute approximate surface area is 112 Å². The Balaban J connectivity index is 1.80. The van der Waals surface area contributed by atoms with Crippen LogP contribution < -0.4 is 5.32 Å². The van der Waals surface area contributed by atoms with E-state index in [0.29, 0.717) is 0 Å². The molecule has 2 aliphatic heterocycles. The lowest BCUT2D eigenvalue weighted by molar-refractivity contribution is -0.141. The average molecular weight is 262 g/mol. The van der Waals surface area contributed by atoms with E-state index in [-0.39, 0.29) is 23.7 Å². The average Bonchev–Trinajstić information content (AvgIpc) is 2.37. The van der Waals surface area contributed by atoms with Crippen LogP contribution >= 0.6 is 0 Å². The van der Waals surface area contributed by atoms with Gasteiger partial charge in [0.1, 0.15) is 5.82 Å². The summed E-state index contributed by atoms with van der Waals surface area (Å²) < 4.78 is 13.0. The number of piperidine rings is 1. The van der Waals surface area contributed by atoms with Crippen LogP contribution in [0.2, 0.25) is 0 Å². The molecule has 1 atom stereocenters. The molecule has 2 aliphatic rings. The van der Waals surface area contributed by atoms with E-state index in [0.717, 1.165) is 44.5 Å². The van der Waals surface area contributed by atoms with E-state index in [1.54, 1.807) is 0 Å². The molecule has 3 rings (SSSR count). The maximum Gasteiger partial charge on any atom is 0.228 e. The van der Waals surface area contributed by atoms with Crippen molar-refractivity contribution in [3.63, 3.8) is 0 Å². The van der Waals surface area contributed by atoms with Crippen LogP contribution in [0.1, 0.15) is 30.9 Å². The summed E-state index contributed by atoms with van der Waals surface area (Å²) in [6.07, 6.45) is 3.19. The quantitative estimate of drug-likeness (QED) is 0.885. The Hall–Kier alpha value is -1.42. The molecule has 1 N–H and O–H groups in total. The van der Waals surface area contributed by atoms with Crippen molar-refractivity contribution in [3.8, 4) is 0 Å². The van der Waals surface area contributed by atoms with E-state index < -0.39 is 0 Å². The summed E-state index contributed by atoms with van der Waals surface area (Å²) in [6, 6.07) is 6.71. The summed E-state index contributed by atoms with van der Waals surface area (Å²) in [6.45, 7) is 2.42. The Morgan fingerprint density at radius 3 is 2.58 bits per heavy atom. The van der Waals surface area contributed by atoms with Crippen molar-refractivity contribution >= 4 is 5.91 Å². The minimum absolute atomic E-state index is 0.127. The van der Waals surface area contributed by atoms with Crippen LogP contribution in [0.4, 0.5) is 4.39 Å². The number of hydrogen-bond donors (Lipinski definition) is 1. The zero-order chi connectivity index (χ0) is 13.2. The molecule has 2 fully saturated rings. The van der Waals surface area contributed by atoms with Crippen molar-refractivity contribution in [3.05, 3.63) is 35.6 Å². The van der Waals surface area contributed by atoms with Gasteiger partial charge in [-0.05, 0) is 37.0 Å². The largest absolute Gasteiger partial charge is 0.335 e. The van der Waals surface area contributed by atoms with Crippen molar-refractivity contribution < 1.29 is 9.18 Å². The summed E-state index contributed by atoms with van der Waals surface area (Å²) >= 11 is 0. The number of halogens is 1. The van der Waals surface area contributed by atoms with Crippen molar-refractivity contribution in [1.82, 2.24) is 10.2 Å². The Morgan fingerprint density at radius 2 is 1.95 bits per heavy atom. The number of amides is 1. The molecule has 0 saturated carbocycles. The molecule has 4 heteroatoms. The fourth-order valence-electron chi connectivity index (χ4n) is 2.92. The fourth-order valence-corrected chi connectivity index (χ4v) is 2.92. The van der Waals surface area contributed by atoms with Crippen molar-refractivity contribution in [2.75, 3.05) is 19.6 Å². The monoisotopic (exact) mass is 262 g/mol. The Kier molecular flexibility index (Phi) is 3.51. The molecule has 1 amide bonds. The van der Waals surface area contributed by atoms with Gasteiger partial charge in [-0.25, -0.2) is 4.39 Å². The highest BCUT2D eigenvalue weighted by atomic mass is 19.1. The summed E-state index contributed by atoms with van der Waals surface area (Å²) in [5, 5.41) is 3.15. The molecule has 2 heterocycles. The smallest absolute Gasteiger partial charge is 0.228 e. The zero-order valence-electron chi connectivity index (χ0n) is 10.9. The Bertz CT molecular complexity index is 456. The number of carbonyl (C=O) groups excluding carboxylic acids is 1. The maximum absolute atomic E-state index is 13.0. The highest BCUT2D eigenvalue weighted by Crippen LogP contribution is 2.32. The van der Waals surface area contributed by atoms with Crippen molar-refractivity contribution in [2.24, 2.45) is 5.92 Å². The summed E-state index contributed by atoms with van der Waals surface area (Å²) in [5.74, 6) is 0.175. The second kappa shape index (κ2) is 5.29. The number of carbonyl (C=O) groups is 1. The van der Waals surface area contributed by atoms with Crippen molar-refractivity contribution in [1.29, 1.82) is 0 Å². The second-order valence-electron chi connectivity index (χ2n) is 5.45. The molecule has 0 aromatic heterocycles. The van der Waals surface area contributed by atoms with E-state index >= 15 is 0 Å². The van der Waals surface area contributed by atoms with Gasteiger partial charge in [0.25, 0.3) is 0 Å². The Morgan fingerprint density at radius 1 is 1.21 bits per heavy atom. The van der Waals surface area contributed by atoms with Gasteiger partial charge in [0.15, 0.2) is 0 Å². The first-order chi connectivity index (χ1) is 9.25. The normalized spacial score (nSPS) is 24.1. The molecule has 0 radical (unpaired) electrons. The van der Waals surface area contributed by atoms with Crippen LogP contribution in [0, 0.1) is 11.7 Å². The molecule has 0 bridgehead atoms. The van der Waals surface area contributed by atoms with Crippen LogP contribution in [0.25, 0.3) is 0 Å². The number of hydrogen-bond acceptors (Lipinski definition) is 2. The predicted octanol–water partition coefficient (Wildman–Crippen LogP) is 2.10. The molecule has 19 heavy (non-hydrogen) atoms. The third-order valence-electron chi connectivity index (χ3n) is 4.17. The maximum atomic E-state index is 13.0. The minimum atomic E-state index is -0.222. The summed E-state index contributed by atoms with van der Waals surface area (Å²) in [4.78, 5) is 14.4. The van der Waals surface area contributed by atoms with E-state index in [2.05, 4.69) is 5.32 Å². The molecule has 3 nitrogen and oxygen atoms in total. The topological polar surface area (TPSA) is 32.3 Å². The van der Waals surface area contributed by atoms with Gasteiger partial charge in [-0.3, -0.25) is 4.79 Å². The first-order valence-corrected chi connectivity index (χ1v) is 7.02. The highest BCUT2D eigenvalue weighted by molar-refractivity contribution is 5.80. The fraction of sp³-hybridized carbons (Fsp3) is 0.533. The summed E-state index contributed by atoms with van der Waals surface area (Å²) in [7, 11) is 0. The number of rotatable bonds is 2. The lowest BCUT2D eigenvalue weighted by Gasteiger charge is -2.40.